The number of rotatable bonds is 5. The van der Waals surface area contributed by atoms with E-state index in [-0.39, 0.29) is 5.97 Å². The number of benzene rings is 1. The van der Waals surface area contributed by atoms with E-state index in [1.807, 2.05) is 18.2 Å². The molecule has 0 aromatic heterocycles. The van der Waals surface area contributed by atoms with Crippen LogP contribution in [-0.4, -0.2) is 19.1 Å². The third-order valence-electron chi connectivity index (χ3n) is 3.04. The van der Waals surface area contributed by atoms with E-state index in [1.54, 1.807) is 6.07 Å². The van der Waals surface area contributed by atoms with Crippen molar-refractivity contribution >= 4 is 5.97 Å². The molecule has 1 atom stereocenters. The largest absolute Gasteiger partial charge is 0.465 e. The second-order valence-corrected chi connectivity index (χ2v) is 4.56. The summed E-state index contributed by atoms with van der Waals surface area (Å²) in [6.45, 7) is 7.17. The minimum Gasteiger partial charge on any atom is -0.465 e. The molecule has 0 amide bonds. The third-order valence-corrected chi connectivity index (χ3v) is 3.04. The first-order valence-corrected chi connectivity index (χ1v) is 5.96. The Morgan fingerprint density at radius 2 is 1.94 bits per heavy atom. The van der Waals surface area contributed by atoms with Crippen molar-refractivity contribution in [2.75, 3.05) is 7.11 Å². The van der Waals surface area contributed by atoms with Gasteiger partial charge in [-0.15, -0.1) is 0 Å². The normalized spacial score (nSPS) is 12.5. The number of carbonyl (C=O) groups excluding carboxylic acids is 1. The van der Waals surface area contributed by atoms with Crippen LogP contribution in [-0.2, 0) is 11.3 Å². The summed E-state index contributed by atoms with van der Waals surface area (Å²) in [4.78, 5) is 11.6. The van der Waals surface area contributed by atoms with Gasteiger partial charge < -0.3 is 10.1 Å². The highest BCUT2D eigenvalue weighted by atomic mass is 16.5. The van der Waals surface area contributed by atoms with Crippen LogP contribution in [0.1, 0.15) is 36.7 Å². The van der Waals surface area contributed by atoms with E-state index in [0.717, 1.165) is 5.56 Å². The van der Waals surface area contributed by atoms with Crippen LogP contribution >= 0.6 is 0 Å². The highest BCUT2D eigenvalue weighted by Gasteiger charge is 2.12. The van der Waals surface area contributed by atoms with Crippen LogP contribution in [0, 0.1) is 5.92 Å². The lowest BCUT2D eigenvalue weighted by Gasteiger charge is -2.18. The number of carbonyl (C=O) groups is 1. The number of esters is 1. The van der Waals surface area contributed by atoms with Gasteiger partial charge in [-0.25, -0.2) is 4.79 Å². The van der Waals surface area contributed by atoms with Crippen molar-refractivity contribution < 1.29 is 9.53 Å². The molecule has 1 aromatic rings. The van der Waals surface area contributed by atoms with E-state index in [9.17, 15) is 4.79 Å². The van der Waals surface area contributed by atoms with Gasteiger partial charge in [-0.3, -0.25) is 0 Å². The van der Waals surface area contributed by atoms with Crippen molar-refractivity contribution in [1.29, 1.82) is 0 Å². The maximum Gasteiger partial charge on any atom is 0.338 e. The first-order chi connectivity index (χ1) is 8.06. The number of methoxy groups -OCH3 is 1. The van der Waals surface area contributed by atoms with Gasteiger partial charge in [0.15, 0.2) is 0 Å². The predicted octanol–water partition coefficient (Wildman–Crippen LogP) is 2.61. The molecule has 0 bridgehead atoms. The molecule has 3 nitrogen and oxygen atoms in total. The molecule has 0 aliphatic rings. The topological polar surface area (TPSA) is 38.3 Å². The van der Waals surface area contributed by atoms with Gasteiger partial charge in [0.25, 0.3) is 0 Å². The summed E-state index contributed by atoms with van der Waals surface area (Å²) in [7, 11) is 1.41. The standard InChI is InChI=1S/C14H21NO2/c1-10(2)11(3)15-9-12-7-5-6-8-13(12)14(16)17-4/h5-8,10-11,15H,9H2,1-4H3. The van der Waals surface area contributed by atoms with E-state index in [1.165, 1.54) is 7.11 Å². The SMILES string of the molecule is COC(=O)c1ccccc1CNC(C)C(C)C. The number of nitrogens with one attached hydrogen (secondary N) is 1. The molecule has 0 radical (unpaired) electrons. The summed E-state index contributed by atoms with van der Waals surface area (Å²) in [5, 5.41) is 3.41. The summed E-state index contributed by atoms with van der Waals surface area (Å²) in [6, 6.07) is 7.95. The molecule has 17 heavy (non-hydrogen) atoms. The minimum absolute atomic E-state index is 0.278. The molecular formula is C14H21NO2. The van der Waals surface area contributed by atoms with Crippen LogP contribution in [0.25, 0.3) is 0 Å². The van der Waals surface area contributed by atoms with Crippen molar-refractivity contribution in [2.24, 2.45) is 5.92 Å². The van der Waals surface area contributed by atoms with E-state index in [2.05, 4.69) is 26.1 Å². The Labute approximate surface area is 103 Å². The van der Waals surface area contributed by atoms with Gasteiger partial charge in [-0.05, 0) is 24.5 Å². The Hall–Kier alpha value is -1.35. The van der Waals surface area contributed by atoms with E-state index < -0.39 is 0 Å². The van der Waals surface area contributed by atoms with Crippen LogP contribution in [0.3, 0.4) is 0 Å². The lowest BCUT2D eigenvalue weighted by atomic mass is 10.0. The molecule has 0 heterocycles. The Bertz CT molecular complexity index is 374. The van der Waals surface area contributed by atoms with Crippen molar-refractivity contribution in [3.8, 4) is 0 Å². The zero-order chi connectivity index (χ0) is 12.8. The van der Waals surface area contributed by atoms with Gasteiger partial charge in [-0.2, -0.15) is 0 Å². The molecule has 3 heteroatoms. The smallest absolute Gasteiger partial charge is 0.338 e. The molecular weight excluding hydrogens is 214 g/mol. The quantitative estimate of drug-likeness (QED) is 0.797. The highest BCUT2D eigenvalue weighted by Crippen LogP contribution is 2.11. The van der Waals surface area contributed by atoms with Gasteiger partial charge in [-0.1, -0.05) is 32.0 Å². The maximum atomic E-state index is 11.6. The Balaban J connectivity index is 2.74. The van der Waals surface area contributed by atoms with Gasteiger partial charge in [0, 0.05) is 12.6 Å². The third kappa shape index (κ3) is 3.86. The van der Waals surface area contributed by atoms with Gasteiger partial charge >= 0.3 is 5.97 Å². The Morgan fingerprint density at radius 1 is 1.29 bits per heavy atom. The Kier molecular flexibility index (Phi) is 5.16. The van der Waals surface area contributed by atoms with E-state index >= 15 is 0 Å². The highest BCUT2D eigenvalue weighted by molar-refractivity contribution is 5.90. The fourth-order valence-corrected chi connectivity index (χ4v) is 1.49. The minimum atomic E-state index is -0.278. The number of ether oxygens (including phenoxy) is 1. The van der Waals surface area contributed by atoms with Crippen molar-refractivity contribution in [3.63, 3.8) is 0 Å². The first kappa shape index (κ1) is 13.7. The van der Waals surface area contributed by atoms with Crippen molar-refractivity contribution in [2.45, 2.75) is 33.4 Å². The van der Waals surface area contributed by atoms with Crippen molar-refractivity contribution in [3.05, 3.63) is 35.4 Å². The molecule has 0 fully saturated rings. The molecule has 0 saturated carbocycles. The van der Waals surface area contributed by atoms with E-state index in [4.69, 9.17) is 4.74 Å². The Morgan fingerprint density at radius 3 is 2.53 bits per heavy atom. The molecule has 0 aliphatic heterocycles. The number of hydrogen-bond donors (Lipinski definition) is 1. The molecule has 0 spiro atoms. The van der Waals surface area contributed by atoms with Crippen molar-refractivity contribution in [1.82, 2.24) is 5.32 Å². The first-order valence-electron chi connectivity index (χ1n) is 5.96. The monoisotopic (exact) mass is 235 g/mol. The van der Waals surface area contributed by atoms with E-state index in [0.29, 0.717) is 24.1 Å². The van der Waals surface area contributed by atoms with Crippen LogP contribution in [0.2, 0.25) is 0 Å². The predicted molar refractivity (Wildman–Crippen MR) is 68.9 cm³/mol. The lowest BCUT2D eigenvalue weighted by molar-refractivity contribution is 0.0599. The van der Waals surface area contributed by atoms with Crippen LogP contribution in [0.5, 0.6) is 0 Å². The van der Waals surface area contributed by atoms with Gasteiger partial charge in [0.2, 0.25) is 0 Å². The molecule has 0 saturated heterocycles. The van der Waals surface area contributed by atoms with Gasteiger partial charge in [0.1, 0.15) is 0 Å². The van der Waals surface area contributed by atoms with Gasteiger partial charge in [0.05, 0.1) is 12.7 Å². The zero-order valence-electron chi connectivity index (χ0n) is 11.0. The second kappa shape index (κ2) is 6.40. The molecule has 1 aromatic carbocycles. The summed E-state index contributed by atoms with van der Waals surface area (Å²) in [5.74, 6) is 0.292. The molecule has 0 aliphatic carbocycles. The summed E-state index contributed by atoms with van der Waals surface area (Å²) >= 11 is 0. The van der Waals surface area contributed by atoms with Crippen LogP contribution in [0.4, 0.5) is 0 Å². The lowest BCUT2D eigenvalue weighted by Crippen LogP contribution is -2.30. The summed E-state index contributed by atoms with van der Waals surface area (Å²) in [6.07, 6.45) is 0. The zero-order valence-corrected chi connectivity index (χ0v) is 11.0. The fraction of sp³-hybridized carbons (Fsp3) is 0.500. The molecule has 1 N–H and O–H groups in total. The molecule has 94 valence electrons. The average Bonchev–Trinajstić information content (AvgIpc) is 2.35. The maximum absolute atomic E-state index is 11.6. The fourth-order valence-electron chi connectivity index (χ4n) is 1.49. The summed E-state index contributed by atoms with van der Waals surface area (Å²) in [5.41, 5.74) is 1.62. The van der Waals surface area contributed by atoms with Crippen LogP contribution < -0.4 is 5.32 Å². The van der Waals surface area contributed by atoms with Crippen LogP contribution in [0.15, 0.2) is 24.3 Å². The number of hydrogen-bond acceptors (Lipinski definition) is 3. The molecule has 1 rings (SSSR count). The second-order valence-electron chi connectivity index (χ2n) is 4.56. The summed E-state index contributed by atoms with van der Waals surface area (Å²) < 4.78 is 4.76. The average molecular weight is 235 g/mol. The molecule has 1 unspecified atom stereocenters.